The summed E-state index contributed by atoms with van der Waals surface area (Å²) in [5, 5.41) is -0.827. The van der Waals surface area contributed by atoms with E-state index in [0.717, 1.165) is 24.5 Å². The Morgan fingerprint density at radius 2 is 1.60 bits per heavy atom. The van der Waals surface area contributed by atoms with Crippen molar-refractivity contribution in [3.05, 3.63) is 24.3 Å². The number of hydrogen-bond acceptors (Lipinski definition) is 9. The van der Waals surface area contributed by atoms with Gasteiger partial charge in [-0.2, -0.15) is 0 Å². The summed E-state index contributed by atoms with van der Waals surface area (Å²) in [7, 11) is 4.19. The molecule has 2 aliphatic heterocycles. The molecular weight excluding hydrogens is 410 g/mol. The first-order valence-corrected chi connectivity index (χ1v) is 10.7. The van der Waals surface area contributed by atoms with Gasteiger partial charge in [0.1, 0.15) is 11.8 Å². The van der Waals surface area contributed by atoms with Crippen molar-refractivity contribution in [2.24, 2.45) is 0 Å². The minimum atomic E-state index is -0.827. The Balaban J connectivity index is 1.60. The molecule has 1 aromatic rings. The Morgan fingerprint density at radius 3 is 2.17 bits per heavy atom. The molecule has 2 heterocycles. The van der Waals surface area contributed by atoms with Gasteiger partial charge in [0.15, 0.2) is 5.37 Å². The number of benzene rings is 1. The molecule has 1 amide bonds. The van der Waals surface area contributed by atoms with Crippen LogP contribution in [0, 0.1) is 0 Å². The average Bonchev–Trinajstić information content (AvgIpc) is 3.24. The van der Waals surface area contributed by atoms with Gasteiger partial charge in [-0.25, -0.2) is 9.59 Å². The first kappa shape index (κ1) is 22.2. The van der Waals surface area contributed by atoms with Gasteiger partial charge in [0.05, 0.1) is 27.9 Å². The highest BCUT2D eigenvalue weighted by atomic mass is 32.2. The van der Waals surface area contributed by atoms with E-state index in [1.807, 2.05) is 29.2 Å². The number of methoxy groups -OCH3 is 3. The van der Waals surface area contributed by atoms with Crippen LogP contribution >= 0.6 is 11.8 Å². The number of rotatable bonds is 6. The second-order valence-electron chi connectivity index (χ2n) is 7.01. The third-order valence-corrected chi connectivity index (χ3v) is 6.58. The Labute approximate surface area is 180 Å². The van der Waals surface area contributed by atoms with E-state index in [2.05, 4.69) is 4.90 Å². The van der Waals surface area contributed by atoms with Crippen LogP contribution in [0.2, 0.25) is 0 Å². The maximum atomic E-state index is 13.0. The highest BCUT2D eigenvalue weighted by Gasteiger charge is 2.46. The van der Waals surface area contributed by atoms with E-state index in [0.29, 0.717) is 18.8 Å². The summed E-state index contributed by atoms with van der Waals surface area (Å²) in [4.78, 5) is 42.8. The van der Waals surface area contributed by atoms with Crippen molar-refractivity contribution < 1.29 is 28.6 Å². The Morgan fingerprint density at radius 1 is 0.967 bits per heavy atom. The minimum absolute atomic E-state index is 0.137. The number of amides is 1. The highest BCUT2D eigenvalue weighted by molar-refractivity contribution is 8.00. The molecule has 9 nitrogen and oxygen atoms in total. The van der Waals surface area contributed by atoms with Crippen molar-refractivity contribution in [1.29, 1.82) is 0 Å². The van der Waals surface area contributed by atoms with Crippen LogP contribution in [0.5, 0.6) is 5.75 Å². The number of hydrogen-bond donors (Lipinski definition) is 0. The molecule has 0 N–H and O–H groups in total. The zero-order valence-electron chi connectivity index (χ0n) is 17.4. The van der Waals surface area contributed by atoms with Crippen LogP contribution < -0.4 is 9.64 Å². The minimum Gasteiger partial charge on any atom is -0.497 e. The van der Waals surface area contributed by atoms with Crippen LogP contribution in [0.4, 0.5) is 5.69 Å². The van der Waals surface area contributed by atoms with Crippen LogP contribution in [-0.2, 0) is 23.9 Å². The van der Waals surface area contributed by atoms with Crippen molar-refractivity contribution in [2.45, 2.75) is 11.4 Å². The smallest absolute Gasteiger partial charge is 0.339 e. The number of esters is 2. The summed E-state index contributed by atoms with van der Waals surface area (Å²) in [5.41, 5.74) is 1.11. The fourth-order valence-corrected chi connectivity index (χ4v) is 4.96. The number of nitrogens with zero attached hydrogens (tertiary/aromatic N) is 3. The molecule has 2 fully saturated rings. The normalized spacial score (nSPS) is 22.0. The summed E-state index contributed by atoms with van der Waals surface area (Å²) in [6, 6.07) is 7.11. The molecule has 0 aromatic heterocycles. The third kappa shape index (κ3) is 4.81. The van der Waals surface area contributed by atoms with Gasteiger partial charge in [0, 0.05) is 37.6 Å². The highest BCUT2D eigenvalue weighted by Crippen LogP contribution is 2.31. The van der Waals surface area contributed by atoms with Crippen molar-refractivity contribution in [3.63, 3.8) is 0 Å². The lowest BCUT2D eigenvalue weighted by Crippen LogP contribution is -2.54. The number of carbonyl (C=O) groups excluding carboxylic acids is 3. The number of ether oxygens (including phenoxy) is 3. The first-order valence-electron chi connectivity index (χ1n) is 9.68. The fraction of sp³-hybridized carbons (Fsp3) is 0.550. The van der Waals surface area contributed by atoms with Crippen LogP contribution in [0.15, 0.2) is 24.3 Å². The fourth-order valence-electron chi connectivity index (χ4n) is 3.64. The molecule has 0 spiro atoms. The molecule has 2 aliphatic rings. The number of piperazine rings is 1. The third-order valence-electron chi connectivity index (χ3n) is 5.33. The summed E-state index contributed by atoms with van der Waals surface area (Å²) >= 11 is 1.22. The summed E-state index contributed by atoms with van der Waals surface area (Å²) in [5.74, 6) is -0.213. The van der Waals surface area contributed by atoms with Gasteiger partial charge in [0.2, 0.25) is 5.91 Å². The second-order valence-corrected chi connectivity index (χ2v) is 8.12. The van der Waals surface area contributed by atoms with Gasteiger partial charge in [-0.15, -0.1) is 11.8 Å². The molecule has 0 radical (unpaired) electrons. The van der Waals surface area contributed by atoms with Crippen LogP contribution in [-0.4, -0.2) is 98.9 Å². The first-order chi connectivity index (χ1) is 14.5. The van der Waals surface area contributed by atoms with Crippen LogP contribution in [0.25, 0.3) is 0 Å². The van der Waals surface area contributed by atoms with E-state index >= 15 is 0 Å². The van der Waals surface area contributed by atoms with E-state index in [1.165, 1.54) is 30.9 Å². The number of anilines is 1. The number of carbonyl (C=O) groups is 3. The molecule has 0 unspecified atom stereocenters. The van der Waals surface area contributed by atoms with Crippen LogP contribution in [0.3, 0.4) is 0 Å². The quantitative estimate of drug-likeness (QED) is 0.588. The van der Waals surface area contributed by atoms with E-state index in [9.17, 15) is 14.4 Å². The van der Waals surface area contributed by atoms with Gasteiger partial charge in [-0.05, 0) is 24.3 Å². The van der Waals surface area contributed by atoms with Gasteiger partial charge >= 0.3 is 11.9 Å². The SMILES string of the molecule is COC(=O)[C@H]1CS[C@H](C(=O)OC)N1C(=O)CN1CCN(c2ccc(OC)cc2)CC1. The maximum absolute atomic E-state index is 13.0. The molecule has 0 saturated carbocycles. The van der Waals surface area contributed by atoms with E-state index in [-0.39, 0.29) is 12.5 Å². The molecular formula is C20H27N3O6S. The predicted octanol–water partition coefficient (Wildman–Crippen LogP) is 0.433. The molecule has 2 atom stereocenters. The topological polar surface area (TPSA) is 88.6 Å². The summed E-state index contributed by atoms with van der Waals surface area (Å²) in [6.45, 7) is 3.08. The predicted molar refractivity (Wildman–Crippen MR) is 113 cm³/mol. The van der Waals surface area contributed by atoms with E-state index < -0.39 is 23.4 Å². The molecule has 2 saturated heterocycles. The molecule has 30 heavy (non-hydrogen) atoms. The lowest BCUT2D eigenvalue weighted by molar-refractivity contribution is -0.157. The van der Waals surface area contributed by atoms with Gasteiger partial charge < -0.3 is 24.0 Å². The standard InChI is InChI=1S/C20H27N3O6S/c1-27-15-6-4-14(5-7-15)22-10-8-21(9-11-22)12-17(24)23-16(19(25)28-2)13-30-18(23)20(26)29-3/h4-7,16,18H,8-13H2,1-3H3/t16-,18-/m1/s1. The zero-order valence-corrected chi connectivity index (χ0v) is 18.2. The molecule has 0 bridgehead atoms. The monoisotopic (exact) mass is 437 g/mol. The van der Waals surface area contributed by atoms with Crippen molar-refractivity contribution in [3.8, 4) is 5.75 Å². The Hall–Kier alpha value is -2.46. The molecule has 1 aromatic carbocycles. The summed E-state index contributed by atoms with van der Waals surface area (Å²) < 4.78 is 14.8. The Kier molecular flexibility index (Phi) is 7.43. The second kappa shape index (κ2) is 10.0. The zero-order chi connectivity index (χ0) is 21.7. The summed E-state index contributed by atoms with van der Waals surface area (Å²) in [6.07, 6.45) is 0. The van der Waals surface area contributed by atoms with Crippen molar-refractivity contribution >= 4 is 35.3 Å². The Bertz CT molecular complexity index is 742. The average molecular weight is 438 g/mol. The largest absolute Gasteiger partial charge is 0.497 e. The molecule has 10 heteroatoms. The van der Waals surface area contributed by atoms with Crippen LogP contribution in [0.1, 0.15) is 0 Å². The van der Waals surface area contributed by atoms with Crippen molar-refractivity contribution in [2.75, 3.05) is 64.7 Å². The van der Waals surface area contributed by atoms with Gasteiger partial charge in [-0.1, -0.05) is 0 Å². The van der Waals surface area contributed by atoms with Gasteiger partial charge in [-0.3, -0.25) is 9.69 Å². The van der Waals surface area contributed by atoms with E-state index in [1.54, 1.807) is 7.11 Å². The molecule has 164 valence electrons. The molecule has 0 aliphatic carbocycles. The lowest BCUT2D eigenvalue weighted by Gasteiger charge is -2.37. The lowest BCUT2D eigenvalue weighted by atomic mass is 10.2. The van der Waals surface area contributed by atoms with Gasteiger partial charge in [0.25, 0.3) is 0 Å². The maximum Gasteiger partial charge on any atom is 0.339 e. The number of thioether (sulfide) groups is 1. The van der Waals surface area contributed by atoms with E-state index in [4.69, 9.17) is 14.2 Å². The van der Waals surface area contributed by atoms with Crippen molar-refractivity contribution in [1.82, 2.24) is 9.80 Å². The molecule has 3 rings (SSSR count).